The molecule has 0 amide bonds. The lowest BCUT2D eigenvalue weighted by atomic mass is 9.96. The van der Waals surface area contributed by atoms with Crippen LogP contribution in [-0.2, 0) is 18.9 Å². The van der Waals surface area contributed by atoms with Gasteiger partial charge in [-0.3, -0.25) is 0 Å². The zero-order valence-corrected chi connectivity index (χ0v) is 10.9. The maximum absolute atomic E-state index is 5.80. The summed E-state index contributed by atoms with van der Waals surface area (Å²) in [7, 11) is 1.69. The van der Waals surface area contributed by atoms with Gasteiger partial charge in [-0.15, -0.1) is 0 Å². The first kappa shape index (κ1) is 13.9. The molecule has 5 atom stereocenters. The van der Waals surface area contributed by atoms with Gasteiger partial charge in [0.15, 0.2) is 0 Å². The van der Waals surface area contributed by atoms with Crippen molar-refractivity contribution in [3.63, 3.8) is 0 Å². The van der Waals surface area contributed by atoms with Gasteiger partial charge in [0.25, 0.3) is 0 Å². The van der Waals surface area contributed by atoms with Crippen molar-refractivity contribution < 1.29 is 18.9 Å². The molecule has 1 aliphatic heterocycles. The minimum atomic E-state index is -0.0623. The van der Waals surface area contributed by atoms with E-state index >= 15 is 0 Å². The lowest BCUT2D eigenvalue weighted by Gasteiger charge is -2.43. The van der Waals surface area contributed by atoms with Crippen molar-refractivity contribution in [1.82, 2.24) is 0 Å². The van der Waals surface area contributed by atoms with Crippen LogP contribution in [-0.4, -0.2) is 50.8 Å². The Morgan fingerprint density at radius 2 is 1.38 bits per heavy atom. The Bertz CT molecular complexity index is 197. The fourth-order valence-electron chi connectivity index (χ4n) is 2.35. The maximum atomic E-state index is 5.80. The Balaban J connectivity index is 2.77. The predicted molar refractivity (Wildman–Crippen MR) is 61.6 cm³/mol. The number of methoxy groups -OCH3 is 1. The summed E-state index contributed by atoms with van der Waals surface area (Å²) in [6, 6.07) is 0. The molecule has 0 aromatic carbocycles. The van der Waals surface area contributed by atoms with E-state index in [1.54, 1.807) is 7.11 Å². The zero-order chi connectivity index (χ0) is 12.1. The number of hydrogen-bond acceptors (Lipinski definition) is 4. The minimum absolute atomic E-state index is 0.0354. The van der Waals surface area contributed by atoms with Gasteiger partial charge in [0.1, 0.15) is 18.3 Å². The van der Waals surface area contributed by atoms with Gasteiger partial charge in [-0.25, -0.2) is 0 Å². The van der Waals surface area contributed by atoms with Crippen LogP contribution in [0.2, 0.25) is 0 Å². The second-order valence-corrected chi connectivity index (χ2v) is 4.09. The van der Waals surface area contributed by atoms with E-state index in [-0.39, 0.29) is 30.5 Å². The van der Waals surface area contributed by atoms with Crippen molar-refractivity contribution in [2.45, 2.75) is 58.2 Å². The Labute approximate surface area is 98.2 Å². The van der Waals surface area contributed by atoms with E-state index in [9.17, 15) is 0 Å². The van der Waals surface area contributed by atoms with E-state index < -0.39 is 0 Å². The van der Waals surface area contributed by atoms with Crippen LogP contribution in [0.4, 0.5) is 0 Å². The molecule has 1 heterocycles. The normalized spacial score (nSPS) is 39.9. The third-order valence-corrected chi connectivity index (χ3v) is 2.99. The van der Waals surface area contributed by atoms with Crippen molar-refractivity contribution in [2.24, 2.45) is 0 Å². The largest absolute Gasteiger partial charge is 0.376 e. The summed E-state index contributed by atoms with van der Waals surface area (Å²) in [5.41, 5.74) is 0. The molecule has 1 rings (SSSR count). The van der Waals surface area contributed by atoms with Gasteiger partial charge in [0, 0.05) is 20.3 Å². The Kier molecular flexibility index (Phi) is 5.69. The summed E-state index contributed by atoms with van der Waals surface area (Å²) in [4.78, 5) is 0. The molecule has 0 unspecified atom stereocenters. The summed E-state index contributed by atoms with van der Waals surface area (Å²) < 4.78 is 22.7. The van der Waals surface area contributed by atoms with Crippen molar-refractivity contribution in [3.05, 3.63) is 0 Å². The third kappa shape index (κ3) is 2.94. The molecule has 0 saturated carbocycles. The van der Waals surface area contributed by atoms with Crippen LogP contribution >= 0.6 is 0 Å². The van der Waals surface area contributed by atoms with Crippen LogP contribution in [0.3, 0.4) is 0 Å². The third-order valence-electron chi connectivity index (χ3n) is 2.99. The lowest BCUT2D eigenvalue weighted by Crippen LogP contribution is -2.58. The topological polar surface area (TPSA) is 36.9 Å². The van der Waals surface area contributed by atoms with Crippen LogP contribution in [0.15, 0.2) is 0 Å². The Morgan fingerprint density at radius 3 is 1.88 bits per heavy atom. The molecular formula is C12H24O4. The number of hydrogen-bond donors (Lipinski definition) is 0. The van der Waals surface area contributed by atoms with Crippen LogP contribution in [0.1, 0.15) is 27.7 Å². The number of rotatable bonds is 5. The molecule has 0 spiro atoms. The SMILES string of the molecule is CCO[C@H]1[C@@H](OC)[C@H](C)O[C@@H](C)[C@@H]1OCC. The van der Waals surface area contributed by atoms with Gasteiger partial charge < -0.3 is 18.9 Å². The highest BCUT2D eigenvalue weighted by molar-refractivity contribution is 4.92. The summed E-state index contributed by atoms with van der Waals surface area (Å²) in [6.45, 7) is 9.32. The molecule has 0 aliphatic carbocycles. The molecule has 16 heavy (non-hydrogen) atoms. The van der Waals surface area contributed by atoms with E-state index in [2.05, 4.69) is 0 Å². The number of ether oxygens (including phenoxy) is 4. The van der Waals surface area contributed by atoms with Gasteiger partial charge in [-0.2, -0.15) is 0 Å². The smallest absolute Gasteiger partial charge is 0.115 e. The minimum Gasteiger partial charge on any atom is -0.376 e. The Morgan fingerprint density at radius 1 is 0.875 bits per heavy atom. The highest BCUT2D eigenvalue weighted by Gasteiger charge is 2.43. The van der Waals surface area contributed by atoms with Crippen LogP contribution in [0.5, 0.6) is 0 Å². The van der Waals surface area contributed by atoms with Crippen LogP contribution < -0.4 is 0 Å². The van der Waals surface area contributed by atoms with Gasteiger partial charge in [-0.1, -0.05) is 0 Å². The first-order chi connectivity index (χ1) is 7.65. The molecule has 1 fully saturated rings. The summed E-state index contributed by atoms with van der Waals surface area (Å²) in [5, 5.41) is 0. The molecule has 0 aromatic rings. The van der Waals surface area contributed by atoms with E-state index in [1.807, 2.05) is 27.7 Å². The summed E-state index contributed by atoms with van der Waals surface area (Å²) in [6.07, 6.45) is -0.0846. The molecule has 0 bridgehead atoms. The molecule has 0 aromatic heterocycles. The predicted octanol–water partition coefficient (Wildman–Crippen LogP) is 1.62. The molecular weight excluding hydrogens is 208 g/mol. The second kappa shape index (κ2) is 6.55. The monoisotopic (exact) mass is 232 g/mol. The summed E-state index contributed by atoms with van der Waals surface area (Å²) >= 11 is 0. The van der Waals surface area contributed by atoms with Crippen molar-refractivity contribution in [3.8, 4) is 0 Å². The van der Waals surface area contributed by atoms with E-state index in [4.69, 9.17) is 18.9 Å². The molecule has 0 N–H and O–H groups in total. The van der Waals surface area contributed by atoms with E-state index in [0.717, 1.165) is 0 Å². The van der Waals surface area contributed by atoms with Gasteiger partial charge in [0.05, 0.1) is 12.2 Å². The maximum Gasteiger partial charge on any atom is 0.115 e. The zero-order valence-electron chi connectivity index (χ0n) is 10.9. The van der Waals surface area contributed by atoms with Crippen LogP contribution in [0.25, 0.3) is 0 Å². The van der Waals surface area contributed by atoms with E-state index in [1.165, 1.54) is 0 Å². The van der Waals surface area contributed by atoms with Crippen molar-refractivity contribution >= 4 is 0 Å². The van der Waals surface area contributed by atoms with Gasteiger partial charge in [-0.05, 0) is 27.7 Å². The lowest BCUT2D eigenvalue weighted by molar-refractivity contribution is -0.243. The fraction of sp³-hybridized carbons (Fsp3) is 1.00. The highest BCUT2D eigenvalue weighted by Crippen LogP contribution is 2.27. The highest BCUT2D eigenvalue weighted by atomic mass is 16.6. The first-order valence-corrected chi connectivity index (χ1v) is 6.07. The van der Waals surface area contributed by atoms with Crippen molar-refractivity contribution in [2.75, 3.05) is 20.3 Å². The van der Waals surface area contributed by atoms with E-state index in [0.29, 0.717) is 13.2 Å². The first-order valence-electron chi connectivity index (χ1n) is 6.07. The second-order valence-electron chi connectivity index (χ2n) is 4.09. The molecule has 1 saturated heterocycles. The Hall–Kier alpha value is -0.160. The molecule has 4 heteroatoms. The molecule has 4 nitrogen and oxygen atoms in total. The molecule has 1 aliphatic rings. The van der Waals surface area contributed by atoms with Gasteiger partial charge in [0.2, 0.25) is 0 Å². The van der Waals surface area contributed by atoms with Crippen LogP contribution in [0, 0.1) is 0 Å². The molecule has 0 radical (unpaired) electrons. The quantitative estimate of drug-likeness (QED) is 0.722. The standard InChI is InChI=1S/C12H24O4/c1-6-14-11-9(4)16-8(3)10(13-5)12(11)15-7-2/h8-12H,6-7H2,1-5H3/t8-,9-,10-,11-,12-/m0/s1. The van der Waals surface area contributed by atoms with Gasteiger partial charge >= 0.3 is 0 Å². The average Bonchev–Trinajstić information content (AvgIpc) is 2.24. The fourth-order valence-corrected chi connectivity index (χ4v) is 2.35. The average molecular weight is 232 g/mol. The van der Waals surface area contributed by atoms with Crippen molar-refractivity contribution in [1.29, 1.82) is 0 Å². The summed E-state index contributed by atoms with van der Waals surface area (Å²) in [5.74, 6) is 0. The molecule has 96 valence electrons.